The molecular formula is C21H16FN3O2S. The maximum absolute atomic E-state index is 12.9. The number of carbonyl (C=O) groups is 1. The first-order valence-electron chi connectivity index (χ1n) is 8.57. The van der Waals surface area contributed by atoms with Gasteiger partial charge in [-0.15, -0.1) is 0 Å². The van der Waals surface area contributed by atoms with Crippen molar-refractivity contribution >= 4 is 34.4 Å². The number of nitrogens with one attached hydrogen (secondary N) is 2. The van der Waals surface area contributed by atoms with E-state index in [1.54, 1.807) is 36.4 Å². The number of para-hydroxylation sites is 2. The second-order valence-electron chi connectivity index (χ2n) is 5.98. The van der Waals surface area contributed by atoms with Crippen LogP contribution in [0.1, 0.15) is 0 Å². The molecule has 0 aliphatic heterocycles. The topological polar surface area (TPSA) is 67.0 Å². The average Bonchev–Trinajstić information content (AvgIpc) is 3.13. The Labute approximate surface area is 164 Å². The summed E-state index contributed by atoms with van der Waals surface area (Å²) in [5, 5.41) is 3.55. The molecule has 0 saturated carbocycles. The number of nitrogens with zero attached hydrogens (tertiary/aromatic N) is 1. The number of imidazole rings is 1. The lowest BCUT2D eigenvalue weighted by atomic mass is 10.3. The highest BCUT2D eigenvalue weighted by Crippen LogP contribution is 2.24. The van der Waals surface area contributed by atoms with E-state index in [1.165, 1.54) is 23.9 Å². The monoisotopic (exact) mass is 393 g/mol. The summed E-state index contributed by atoms with van der Waals surface area (Å²) in [4.78, 5) is 19.8. The van der Waals surface area contributed by atoms with Gasteiger partial charge >= 0.3 is 0 Å². The number of aromatic nitrogens is 2. The molecule has 0 atom stereocenters. The molecule has 1 heterocycles. The Morgan fingerprint density at radius 2 is 1.68 bits per heavy atom. The van der Waals surface area contributed by atoms with Crippen molar-refractivity contribution in [3.63, 3.8) is 0 Å². The molecule has 0 aliphatic rings. The lowest BCUT2D eigenvalue weighted by molar-refractivity contribution is -0.113. The van der Waals surface area contributed by atoms with Gasteiger partial charge in [0.2, 0.25) is 5.91 Å². The number of hydrogen-bond donors (Lipinski definition) is 2. The van der Waals surface area contributed by atoms with Crippen LogP contribution in [0, 0.1) is 5.82 Å². The van der Waals surface area contributed by atoms with E-state index < -0.39 is 0 Å². The molecular weight excluding hydrogens is 377 g/mol. The second kappa shape index (κ2) is 8.14. The first-order chi connectivity index (χ1) is 13.7. The van der Waals surface area contributed by atoms with E-state index in [0.717, 1.165) is 11.0 Å². The zero-order valence-electron chi connectivity index (χ0n) is 14.7. The zero-order chi connectivity index (χ0) is 19.3. The molecule has 7 heteroatoms. The second-order valence-corrected chi connectivity index (χ2v) is 6.94. The van der Waals surface area contributed by atoms with Crippen molar-refractivity contribution < 1.29 is 13.9 Å². The minimum absolute atomic E-state index is 0.127. The molecule has 1 amide bonds. The summed E-state index contributed by atoms with van der Waals surface area (Å²) in [6.45, 7) is 0. The van der Waals surface area contributed by atoms with Crippen LogP contribution in [-0.2, 0) is 4.79 Å². The summed E-state index contributed by atoms with van der Waals surface area (Å²) in [7, 11) is 0. The van der Waals surface area contributed by atoms with Crippen LogP contribution in [0.5, 0.6) is 11.5 Å². The molecule has 4 rings (SSSR count). The van der Waals surface area contributed by atoms with E-state index >= 15 is 0 Å². The predicted octanol–water partition coefficient (Wildman–Crippen LogP) is 5.23. The number of anilines is 1. The van der Waals surface area contributed by atoms with Gasteiger partial charge in [0.15, 0.2) is 5.16 Å². The van der Waals surface area contributed by atoms with Crippen molar-refractivity contribution in [3.8, 4) is 11.5 Å². The highest BCUT2D eigenvalue weighted by atomic mass is 32.2. The van der Waals surface area contributed by atoms with Crippen molar-refractivity contribution in [1.82, 2.24) is 9.97 Å². The van der Waals surface area contributed by atoms with Crippen LogP contribution in [0.15, 0.2) is 78.0 Å². The maximum atomic E-state index is 12.9. The quantitative estimate of drug-likeness (QED) is 0.441. The summed E-state index contributed by atoms with van der Waals surface area (Å²) in [6, 6.07) is 20.5. The zero-order valence-corrected chi connectivity index (χ0v) is 15.5. The predicted molar refractivity (Wildman–Crippen MR) is 108 cm³/mol. The fraction of sp³-hybridized carbons (Fsp3) is 0.0476. The minimum atomic E-state index is -0.314. The third kappa shape index (κ3) is 4.50. The number of ether oxygens (including phenoxy) is 1. The van der Waals surface area contributed by atoms with Crippen molar-refractivity contribution in [2.75, 3.05) is 11.1 Å². The van der Waals surface area contributed by atoms with E-state index in [0.29, 0.717) is 22.3 Å². The van der Waals surface area contributed by atoms with Crippen molar-refractivity contribution in [1.29, 1.82) is 0 Å². The molecule has 2 N–H and O–H groups in total. The standard InChI is InChI=1S/C21H16FN3O2S/c22-14-5-9-16(10-6-14)27-17-11-7-15(8-12-17)23-20(26)13-28-21-24-18-3-1-2-4-19(18)25-21/h1-12H,13H2,(H,23,26)(H,24,25). The highest BCUT2D eigenvalue weighted by molar-refractivity contribution is 7.99. The van der Waals surface area contributed by atoms with Gasteiger partial charge in [0.05, 0.1) is 16.8 Å². The summed E-state index contributed by atoms with van der Waals surface area (Å²) in [5.74, 6) is 0.943. The van der Waals surface area contributed by atoms with E-state index in [4.69, 9.17) is 4.74 Å². The molecule has 0 saturated heterocycles. The van der Waals surface area contributed by atoms with Gasteiger partial charge < -0.3 is 15.0 Å². The molecule has 0 bridgehead atoms. The normalized spacial score (nSPS) is 10.8. The first-order valence-corrected chi connectivity index (χ1v) is 9.55. The summed E-state index contributed by atoms with van der Waals surface area (Å²) in [6.07, 6.45) is 0. The molecule has 1 aromatic heterocycles. The average molecular weight is 393 g/mol. The Balaban J connectivity index is 1.30. The molecule has 5 nitrogen and oxygen atoms in total. The van der Waals surface area contributed by atoms with Crippen LogP contribution in [0.3, 0.4) is 0 Å². The Hall–Kier alpha value is -3.32. The Bertz CT molecular complexity index is 1060. The van der Waals surface area contributed by atoms with Crippen LogP contribution < -0.4 is 10.1 Å². The van der Waals surface area contributed by atoms with Gasteiger partial charge in [0.25, 0.3) is 0 Å². The number of fused-ring (bicyclic) bond motifs is 1. The van der Waals surface area contributed by atoms with Gasteiger partial charge in [-0.3, -0.25) is 4.79 Å². The SMILES string of the molecule is O=C(CSc1nc2ccccc2[nH]1)Nc1ccc(Oc2ccc(F)cc2)cc1. The molecule has 0 unspecified atom stereocenters. The number of hydrogen-bond acceptors (Lipinski definition) is 4. The largest absolute Gasteiger partial charge is 0.457 e. The van der Waals surface area contributed by atoms with Crippen LogP contribution in [0.2, 0.25) is 0 Å². The summed E-state index contributed by atoms with van der Waals surface area (Å²) < 4.78 is 18.6. The van der Waals surface area contributed by atoms with E-state index in [-0.39, 0.29) is 17.5 Å². The molecule has 4 aromatic rings. The maximum Gasteiger partial charge on any atom is 0.234 e. The Morgan fingerprint density at radius 3 is 2.39 bits per heavy atom. The number of benzene rings is 3. The van der Waals surface area contributed by atoms with E-state index in [9.17, 15) is 9.18 Å². The van der Waals surface area contributed by atoms with Crippen LogP contribution >= 0.6 is 11.8 Å². The summed E-state index contributed by atoms with van der Waals surface area (Å²) >= 11 is 1.35. The molecule has 3 aromatic carbocycles. The van der Waals surface area contributed by atoms with Gasteiger partial charge in [-0.25, -0.2) is 9.37 Å². The number of halogens is 1. The molecule has 0 aliphatic carbocycles. The Kier molecular flexibility index (Phi) is 5.25. The molecule has 28 heavy (non-hydrogen) atoms. The van der Waals surface area contributed by atoms with Crippen molar-refractivity contribution in [2.24, 2.45) is 0 Å². The van der Waals surface area contributed by atoms with E-state index in [1.807, 2.05) is 24.3 Å². The number of H-pyrrole nitrogens is 1. The fourth-order valence-electron chi connectivity index (χ4n) is 2.57. The highest BCUT2D eigenvalue weighted by Gasteiger charge is 2.08. The first kappa shape index (κ1) is 18.1. The smallest absolute Gasteiger partial charge is 0.234 e. The number of carbonyl (C=O) groups excluding carboxylic acids is 1. The fourth-order valence-corrected chi connectivity index (χ4v) is 3.26. The number of rotatable bonds is 6. The van der Waals surface area contributed by atoms with E-state index in [2.05, 4.69) is 15.3 Å². The van der Waals surface area contributed by atoms with Gasteiger partial charge in [-0.1, -0.05) is 23.9 Å². The molecule has 0 fully saturated rings. The lowest BCUT2D eigenvalue weighted by Crippen LogP contribution is -2.13. The molecule has 0 spiro atoms. The number of amides is 1. The van der Waals surface area contributed by atoms with Crippen LogP contribution in [0.25, 0.3) is 11.0 Å². The van der Waals surface area contributed by atoms with Gasteiger partial charge in [0.1, 0.15) is 17.3 Å². The van der Waals surface area contributed by atoms with Crippen LogP contribution in [-0.4, -0.2) is 21.6 Å². The number of thioether (sulfide) groups is 1. The van der Waals surface area contributed by atoms with Crippen LogP contribution in [0.4, 0.5) is 10.1 Å². The third-order valence-electron chi connectivity index (χ3n) is 3.90. The molecule has 0 radical (unpaired) electrons. The third-order valence-corrected chi connectivity index (χ3v) is 4.77. The lowest BCUT2D eigenvalue weighted by Gasteiger charge is -2.08. The van der Waals surface area contributed by atoms with Gasteiger partial charge in [0, 0.05) is 5.69 Å². The Morgan fingerprint density at radius 1 is 1.00 bits per heavy atom. The molecule has 140 valence electrons. The van der Waals surface area contributed by atoms with Gasteiger partial charge in [-0.05, 0) is 60.7 Å². The minimum Gasteiger partial charge on any atom is -0.457 e. The van der Waals surface area contributed by atoms with Crippen molar-refractivity contribution in [3.05, 3.63) is 78.6 Å². The summed E-state index contributed by atoms with van der Waals surface area (Å²) in [5.41, 5.74) is 2.49. The number of aromatic amines is 1. The van der Waals surface area contributed by atoms with Gasteiger partial charge in [-0.2, -0.15) is 0 Å². The van der Waals surface area contributed by atoms with Crippen molar-refractivity contribution in [2.45, 2.75) is 5.16 Å².